The summed E-state index contributed by atoms with van der Waals surface area (Å²) in [5.74, 6) is -1.03. The summed E-state index contributed by atoms with van der Waals surface area (Å²) in [6.45, 7) is 9.14. The van der Waals surface area contributed by atoms with Crippen molar-refractivity contribution in [1.29, 1.82) is 0 Å². The molecule has 10 heteroatoms. The van der Waals surface area contributed by atoms with Gasteiger partial charge in [0.1, 0.15) is 17.3 Å². The Bertz CT molecular complexity index is 1200. The molecule has 5 N–H and O–H groups in total. The molecule has 0 aliphatic carbocycles. The molecular weight excluding hydrogens is 516 g/mol. The number of hydrogen-bond donors (Lipinski definition) is 5. The number of allylic oxidation sites excluding steroid dienone is 2. The maximum absolute atomic E-state index is 12.9. The van der Waals surface area contributed by atoms with E-state index < -0.39 is 30.3 Å². The summed E-state index contributed by atoms with van der Waals surface area (Å²) in [6.07, 6.45) is 5.40. The quantitative estimate of drug-likeness (QED) is 0.192. The highest BCUT2D eigenvalue weighted by Gasteiger charge is 2.29. The third-order valence-electron chi connectivity index (χ3n) is 7.09. The number of amides is 2. The van der Waals surface area contributed by atoms with Gasteiger partial charge in [-0.15, -0.1) is 0 Å². The van der Waals surface area contributed by atoms with E-state index in [1.165, 1.54) is 19.2 Å². The molecule has 0 saturated carbocycles. The number of phenolic OH excluding ortho intramolecular Hbond substituents is 2. The summed E-state index contributed by atoms with van der Waals surface area (Å²) >= 11 is 0. The number of fused-ring (bicyclic) bond motifs is 2. The van der Waals surface area contributed by atoms with Gasteiger partial charge in [-0.1, -0.05) is 43.7 Å². The van der Waals surface area contributed by atoms with E-state index in [9.17, 15) is 24.9 Å². The highest BCUT2D eigenvalue weighted by molar-refractivity contribution is 6.04. The molecule has 1 aliphatic heterocycles. The third-order valence-corrected chi connectivity index (χ3v) is 7.09. The molecule has 0 aromatic heterocycles. The Labute approximate surface area is 236 Å². The molecule has 0 unspecified atom stereocenters. The van der Waals surface area contributed by atoms with E-state index in [0.29, 0.717) is 23.3 Å². The standard InChI is InChI=1S/C30H42N2O8/c1-16-10-9-11-17(2)29(35)31-23-15-21(33)14-22(26(23)34)27(39-7)20(5)13-24(38-6)28(40-8)19(4)12-18(3)25(16)32-30(36)37/h9-12,14-16,19,24-25,28,32-34H,13H2,1-8H3,(H,31,35)(H,36,37)/t16-,19-,24-,25+,28+/m0/s1. The summed E-state index contributed by atoms with van der Waals surface area (Å²) in [5, 5.41) is 36.2. The molecule has 2 rings (SSSR count). The summed E-state index contributed by atoms with van der Waals surface area (Å²) in [4.78, 5) is 24.5. The number of carbonyl (C=O) groups excluding carboxylic acids is 1. The minimum absolute atomic E-state index is 0.0163. The fourth-order valence-electron chi connectivity index (χ4n) is 5.02. The van der Waals surface area contributed by atoms with E-state index in [1.54, 1.807) is 39.4 Å². The number of benzene rings is 1. The molecule has 0 fully saturated rings. The van der Waals surface area contributed by atoms with Crippen molar-refractivity contribution >= 4 is 23.4 Å². The predicted octanol–water partition coefficient (Wildman–Crippen LogP) is 5.20. The number of carboxylic acid groups (broad SMARTS) is 1. The van der Waals surface area contributed by atoms with E-state index in [-0.39, 0.29) is 34.6 Å². The Morgan fingerprint density at radius 1 is 1.05 bits per heavy atom. The highest BCUT2D eigenvalue weighted by atomic mass is 16.5. The summed E-state index contributed by atoms with van der Waals surface area (Å²) in [5.41, 5.74) is 2.07. The molecule has 0 radical (unpaired) electrons. The van der Waals surface area contributed by atoms with Gasteiger partial charge >= 0.3 is 6.09 Å². The fourth-order valence-corrected chi connectivity index (χ4v) is 5.02. The van der Waals surface area contributed by atoms with Gasteiger partial charge in [0.2, 0.25) is 0 Å². The molecule has 0 spiro atoms. The molecule has 1 aromatic carbocycles. The zero-order valence-corrected chi connectivity index (χ0v) is 24.4. The zero-order valence-electron chi connectivity index (χ0n) is 24.4. The number of carbonyl (C=O) groups is 2. The summed E-state index contributed by atoms with van der Waals surface area (Å²) in [6, 6.07) is 2.09. The minimum atomic E-state index is -1.15. The number of aromatic hydroxyl groups is 2. The molecule has 2 amide bonds. The van der Waals surface area contributed by atoms with Crippen molar-refractivity contribution in [2.24, 2.45) is 11.8 Å². The predicted molar refractivity (Wildman–Crippen MR) is 154 cm³/mol. The van der Waals surface area contributed by atoms with E-state index >= 15 is 0 Å². The largest absolute Gasteiger partial charge is 0.508 e. The topological polar surface area (TPSA) is 147 Å². The van der Waals surface area contributed by atoms with Gasteiger partial charge < -0.3 is 40.2 Å². The lowest BCUT2D eigenvalue weighted by atomic mass is 9.88. The molecular formula is C30H42N2O8. The second kappa shape index (κ2) is 14.6. The van der Waals surface area contributed by atoms with Gasteiger partial charge in [0.05, 0.1) is 36.6 Å². The monoisotopic (exact) mass is 558 g/mol. The van der Waals surface area contributed by atoms with Crippen LogP contribution in [-0.2, 0) is 19.0 Å². The molecule has 0 saturated heterocycles. The number of methoxy groups -OCH3 is 3. The first kappa shape index (κ1) is 32.5. The van der Waals surface area contributed by atoms with Gasteiger partial charge in [0, 0.05) is 38.2 Å². The fraction of sp³-hybridized carbons (Fsp3) is 0.467. The van der Waals surface area contributed by atoms with Crippen LogP contribution in [-0.4, -0.2) is 66.9 Å². The van der Waals surface area contributed by atoms with Crippen LogP contribution in [0.4, 0.5) is 10.5 Å². The molecule has 1 aliphatic rings. The minimum Gasteiger partial charge on any atom is -0.508 e. The Hall–Kier alpha value is -3.76. The van der Waals surface area contributed by atoms with Crippen LogP contribution in [0.15, 0.2) is 53.2 Å². The summed E-state index contributed by atoms with van der Waals surface area (Å²) < 4.78 is 17.3. The molecule has 5 atom stereocenters. The van der Waals surface area contributed by atoms with Crippen molar-refractivity contribution in [3.05, 3.63) is 58.7 Å². The van der Waals surface area contributed by atoms with E-state index in [0.717, 1.165) is 5.57 Å². The first-order chi connectivity index (χ1) is 18.8. The van der Waals surface area contributed by atoms with Crippen molar-refractivity contribution < 1.29 is 39.1 Å². The van der Waals surface area contributed by atoms with Crippen molar-refractivity contribution in [2.75, 3.05) is 26.6 Å². The van der Waals surface area contributed by atoms with Gasteiger partial charge in [-0.3, -0.25) is 4.79 Å². The van der Waals surface area contributed by atoms with Crippen LogP contribution in [0.2, 0.25) is 0 Å². The Morgan fingerprint density at radius 2 is 1.73 bits per heavy atom. The van der Waals surface area contributed by atoms with Crippen LogP contribution in [0.1, 0.15) is 46.6 Å². The number of phenols is 2. The smallest absolute Gasteiger partial charge is 0.405 e. The van der Waals surface area contributed by atoms with Crippen molar-refractivity contribution in [3.63, 3.8) is 0 Å². The van der Waals surface area contributed by atoms with Crippen LogP contribution in [0.5, 0.6) is 11.5 Å². The van der Waals surface area contributed by atoms with E-state index in [2.05, 4.69) is 10.6 Å². The number of rotatable bonds is 4. The lowest BCUT2D eigenvalue weighted by molar-refractivity contribution is -0.112. The molecule has 1 heterocycles. The van der Waals surface area contributed by atoms with Gasteiger partial charge in [0.15, 0.2) is 0 Å². The third kappa shape index (κ3) is 8.12. The lowest BCUT2D eigenvalue weighted by Crippen LogP contribution is -2.40. The average molecular weight is 559 g/mol. The van der Waals surface area contributed by atoms with Gasteiger partial charge in [-0.05, 0) is 38.3 Å². The van der Waals surface area contributed by atoms with Crippen molar-refractivity contribution in [3.8, 4) is 11.5 Å². The number of anilines is 1. The first-order valence-electron chi connectivity index (χ1n) is 13.0. The lowest BCUT2D eigenvalue weighted by Gasteiger charge is -2.31. The molecule has 40 heavy (non-hydrogen) atoms. The summed E-state index contributed by atoms with van der Waals surface area (Å²) in [7, 11) is 4.62. The van der Waals surface area contributed by atoms with Crippen molar-refractivity contribution in [1.82, 2.24) is 5.32 Å². The molecule has 2 bridgehead atoms. The number of nitrogens with one attached hydrogen (secondary N) is 2. The van der Waals surface area contributed by atoms with Crippen molar-refractivity contribution in [2.45, 2.75) is 59.3 Å². The number of hydrogen-bond acceptors (Lipinski definition) is 7. The highest BCUT2D eigenvalue weighted by Crippen LogP contribution is 2.39. The Morgan fingerprint density at radius 3 is 2.30 bits per heavy atom. The van der Waals surface area contributed by atoms with Crippen LogP contribution >= 0.6 is 0 Å². The average Bonchev–Trinajstić information content (AvgIpc) is 2.88. The van der Waals surface area contributed by atoms with Crippen LogP contribution in [0.25, 0.3) is 5.76 Å². The van der Waals surface area contributed by atoms with Gasteiger partial charge in [0.25, 0.3) is 5.91 Å². The molecule has 1 aromatic rings. The van der Waals surface area contributed by atoms with Crippen LogP contribution in [0.3, 0.4) is 0 Å². The Balaban J connectivity index is 2.75. The van der Waals surface area contributed by atoms with Crippen LogP contribution < -0.4 is 10.6 Å². The molecule has 10 nitrogen and oxygen atoms in total. The second-order valence-corrected chi connectivity index (χ2v) is 10.1. The maximum atomic E-state index is 12.9. The second-order valence-electron chi connectivity index (χ2n) is 10.1. The maximum Gasteiger partial charge on any atom is 0.405 e. The van der Waals surface area contributed by atoms with Gasteiger partial charge in [-0.25, -0.2) is 4.79 Å². The zero-order chi connectivity index (χ0) is 30.1. The van der Waals surface area contributed by atoms with E-state index in [1.807, 2.05) is 33.8 Å². The SMILES string of the molecule is COC1=C(C)C[C@H](OC)[C@H](OC)[C@@H](C)C=C(C)[C@H](NC(=O)O)[C@@H](C)C=CC=C(C)C(=O)Nc2cc(O)cc1c2O. The molecule has 220 valence electrons. The van der Waals surface area contributed by atoms with Gasteiger partial charge in [-0.2, -0.15) is 0 Å². The van der Waals surface area contributed by atoms with E-state index in [4.69, 9.17) is 14.2 Å². The Kier molecular flexibility index (Phi) is 11.8. The normalized spacial score (nSPS) is 25.1. The first-order valence-corrected chi connectivity index (χ1v) is 13.0. The number of ether oxygens (including phenoxy) is 3. The van der Waals surface area contributed by atoms with Crippen LogP contribution in [0, 0.1) is 11.8 Å².